The number of benzene rings is 7. The zero-order chi connectivity index (χ0) is 33.1. The molecule has 0 aliphatic carbocycles. The smallest absolute Gasteiger partial charge is 0.101 e. The predicted octanol–water partition coefficient (Wildman–Crippen LogP) is 12.4. The van der Waals surface area contributed by atoms with E-state index in [0.29, 0.717) is 22.5 Å². The lowest BCUT2D eigenvalue weighted by molar-refractivity contribution is 1.12. The van der Waals surface area contributed by atoms with Crippen molar-refractivity contribution < 1.29 is 0 Å². The Morgan fingerprint density at radius 3 is 1.24 bits per heavy atom. The summed E-state index contributed by atoms with van der Waals surface area (Å²) in [4.78, 5) is 0. The molecule has 4 heterocycles. The molecule has 230 valence electrons. The second-order valence-electron chi connectivity index (χ2n) is 12.7. The van der Waals surface area contributed by atoms with Crippen LogP contribution in [0.4, 0.5) is 0 Å². The van der Waals surface area contributed by atoms with Crippen LogP contribution in [0.5, 0.6) is 0 Å². The van der Waals surface area contributed by atoms with Gasteiger partial charge in [0.1, 0.15) is 12.1 Å². The number of hydrogen-bond donors (Lipinski definition) is 0. The predicted molar refractivity (Wildman–Crippen MR) is 210 cm³/mol. The molecule has 0 saturated heterocycles. The highest BCUT2D eigenvalue weighted by molar-refractivity contribution is 7.27. The van der Waals surface area contributed by atoms with Crippen LogP contribution in [0.3, 0.4) is 0 Å². The van der Waals surface area contributed by atoms with Gasteiger partial charge in [0, 0.05) is 61.9 Å². The highest BCUT2D eigenvalue weighted by Crippen LogP contribution is 2.46. The monoisotopic (exact) mass is 670 g/mol. The number of thiophene rings is 2. The topological polar surface area (TPSA) is 57.4 Å². The molecular formula is C44H22N4S2. The molecule has 4 aromatic heterocycles. The molecule has 0 bridgehead atoms. The lowest BCUT2D eigenvalue weighted by atomic mass is 10.1. The van der Waals surface area contributed by atoms with E-state index in [2.05, 4.69) is 130 Å². The summed E-state index contributed by atoms with van der Waals surface area (Å²) in [6, 6.07) is 51.5. The summed E-state index contributed by atoms with van der Waals surface area (Å²) in [6.07, 6.45) is 0. The van der Waals surface area contributed by atoms with Crippen molar-refractivity contribution in [2.75, 3.05) is 0 Å². The van der Waals surface area contributed by atoms with Crippen LogP contribution in [0.25, 0.3) is 95.3 Å². The maximum absolute atomic E-state index is 10.8. The molecule has 50 heavy (non-hydrogen) atoms. The third kappa shape index (κ3) is 3.51. The first-order valence-corrected chi connectivity index (χ1v) is 18.0. The number of fused-ring (bicyclic) bond motifs is 14. The molecular weight excluding hydrogens is 649 g/mol. The van der Waals surface area contributed by atoms with Gasteiger partial charge in [0.15, 0.2) is 0 Å². The van der Waals surface area contributed by atoms with Gasteiger partial charge < -0.3 is 9.13 Å². The molecule has 0 spiro atoms. The summed E-state index contributed by atoms with van der Waals surface area (Å²) >= 11 is 3.61. The summed E-state index contributed by atoms with van der Waals surface area (Å²) < 4.78 is 9.30. The van der Waals surface area contributed by atoms with Crippen molar-refractivity contribution in [3.63, 3.8) is 0 Å². The van der Waals surface area contributed by atoms with Crippen LogP contribution in [0.15, 0.2) is 133 Å². The minimum Gasteiger partial charge on any atom is -0.308 e. The first kappa shape index (κ1) is 27.5. The molecule has 7 aromatic carbocycles. The molecule has 0 aliphatic rings. The average Bonchev–Trinajstić information content (AvgIpc) is 3.91. The van der Waals surface area contributed by atoms with E-state index < -0.39 is 0 Å². The molecule has 4 nitrogen and oxygen atoms in total. The Kier molecular flexibility index (Phi) is 5.52. The zero-order valence-electron chi connectivity index (χ0n) is 26.3. The summed E-state index contributed by atoms with van der Waals surface area (Å²) in [6.45, 7) is 0. The molecule has 0 atom stereocenters. The zero-order valence-corrected chi connectivity index (χ0v) is 27.9. The average molecular weight is 671 g/mol. The molecule has 0 N–H and O–H groups in total. The van der Waals surface area contributed by atoms with Gasteiger partial charge in [-0.25, -0.2) is 0 Å². The van der Waals surface area contributed by atoms with E-state index in [1.54, 1.807) is 22.7 Å². The van der Waals surface area contributed by atoms with Gasteiger partial charge in [0.05, 0.1) is 44.6 Å². The molecule has 11 aromatic rings. The summed E-state index contributed by atoms with van der Waals surface area (Å²) in [5, 5.41) is 31.2. The number of nitrogens with zero attached hydrogens (tertiary/aromatic N) is 4. The molecule has 0 aliphatic heterocycles. The number of hydrogen-bond acceptors (Lipinski definition) is 4. The van der Waals surface area contributed by atoms with Gasteiger partial charge >= 0.3 is 0 Å². The molecule has 11 rings (SSSR count). The van der Waals surface area contributed by atoms with Crippen molar-refractivity contribution >= 4 is 107 Å². The number of rotatable bonds is 2. The maximum atomic E-state index is 10.8. The van der Waals surface area contributed by atoms with Crippen LogP contribution in [0, 0.1) is 22.7 Å². The number of nitriles is 2. The van der Waals surface area contributed by atoms with Gasteiger partial charge in [-0.2, -0.15) is 10.5 Å². The molecule has 6 heteroatoms. The van der Waals surface area contributed by atoms with Gasteiger partial charge in [-0.1, -0.05) is 84.9 Å². The highest BCUT2D eigenvalue weighted by atomic mass is 32.1. The van der Waals surface area contributed by atoms with Gasteiger partial charge in [0.2, 0.25) is 0 Å². The van der Waals surface area contributed by atoms with Gasteiger partial charge in [0.25, 0.3) is 0 Å². The van der Waals surface area contributed by atoms with Crippen molar-refractivity contribution in [1.82, 2.24) is 9.13 Å². The first-order valence-electron chi connectivity index (χ1n) is 16.4. The Morgan fingerprint density at radius 2 is 0.800 bits per heavy atom. The van der Waals surface area contributed by atoms with Crippen molar-refractivity contribution in [1.29, 1.82) is 10.5 Å². The third-order valence-electron chi connectivity index (χ3n) is 10.2. The van der Waals surface area contributed by atoms with Gasteiger partial charge in [-0.05, 0) is 48.5 Å². The second-order valence-corrected chi connectivity index (χ2v) is 14.8. The van der Waals surface area contributed by atoms with Crippen LogP contribution in [-0.2, 0) is 0 Å². The van der Waals surface area contributed by atoms with Crippen LogP contribution < -0.4 is 0 Å². The lowest BCUT2D eigenvalue weighted by Gasteiger charge is -2.15. The summed E-state index contributed by atoms with van der Waals surface area (Å²) in [7, 11) is 0. The highest BCUT2D eigenvalue weighted by Gasteiger charge is 2.23. The minimum atomic E-state index is 0.506. The largest absolute Gasteiger partial charge is 0.308 e. The Bertz CT molecular complexity index is 3130. The van der Waals surface area contributed by atoms with Crippen LogP contribution in [0.1, 0.15) is 11.1 Å². The fraction of sp³-hybridized carbons (Fsp3) is 0. The van der Waals surface area contributed by atoms with E-state index >= 15 is 0 Å². The first-order chi connectivity index (χ1) is 24.7. The van der Waals surface area contributed by atoms with Gasteiger partial charge in [-0.15, -0.1) is 22.7 Å². The standard InChI is InChI=1S/C44H22N4S2/c45-23-25-22-38(48-34-14-6-2-12-32(34)42-36(48)20-18-30-28-10-4-8-16-40(28)50-44(30)42)26(24-46)21-37(25)47-33-13-5-1-11-31(33)41-35(47)19-17-29-27-9-3-7-15-39(27)49-43(29)41/h1-22H. The molecule has 0 saturated carbocycles. The summed E-state index contributed by atoms with van der Waals surface area (Å²) in [5.41, 5.74) is 6.46. The number of para-hydroxylation sites is 2. The minimum absolute atomic E-state index is 0.506. The van der Waals surface area contributed by atoms with E-state index in [1.807, 2.05) is 24.3 Å². The normalized spacial score (nSPS) is 12.0. The molecule has 0 fully saturated rings. The number of aromatic nitrogens is 2. The van der Waals surface area contributed by atoms with Crippen LogP contribution in [-0.4, -0.2) is 9.13 Å². The lowest BCUT2D eigenvalue weighted by Crippen LogP contribution is -2.04. The second kappa shape index (κ2) is 10.0. The van der Waals surface area contributed by atoms with E-state index in [-0.39, 0.29) is 0 Å². The van der Waals surface area contributed by atoms with E-state index in [1.165, 1.54) is 51.1 Å². The van der Waals surface area contributed by atoms with Crippen molar-refractivity contribution in [2.24, 2.45) is 0 Å². The SMILES string of the molecule is N#Cc1cc(-n2c3ccccc3c3c4sc5ccccc5c4ccc32)c(C#N)cc1-n1c2ccccc2c2c3sc4ccccc4c3ccc21. The fourth-order valence-corrected chi connectivity index (χ4v) is 10.6. The van der Waals surface area contributed by atoms with Crippen LogP contribution >= 0.6 is 22.7 Å². The van der Waals surface area contributed by atoms with Crippen molar-refractivity contribution in [3.05, 3.63) is 145 Å². The molecule has 0 radical (unpaired) electrons. The van der Waals surface area contributed by atoms with E-state index in [9.17, 15) is 10.5 Å². The molecule has 0 unspecified atom stereocenters. The Balaban J connectivity index is 1.23. The Morgan fingerprint density at radius 1 is 0.400 bits per heavy atom. The third-order valence-corrected chi connectivity index (χ3v) is 12.6. The maximum Gasteiger partial charge on any atom is 0.101 e. The van der Waals surface area contributed by atoms with Crippen molar-refractivity contribution in [2.45, 2.75) is 0 Å². The van der Waals surface area contributed by atoms with Crippen molar-refractivity contribution in [3.8, 4) is 23.5 Å². The fourth-order valence-electron chi connectivity index (χ4n) is 8.11. The molecule has 0 amide bonds. The van der Waals surface area contributed by atoms with E-state index in [0.717, 1.165) is 32.8 Å². The Labute approximate surface area is 293 Å². The summed E-state index contributed by atoms with van der Waals surface area (Å²) in [5.74, 6) is 0. The Hall–Kier alpha value is -6.44. The van der Waals surface area contributed by atoms with Crippen LogP contribution in [0.2, 0.25) is 0 Å². The van der Waals surface area contributed by atoms with E-state index in [4.69, 9.17) is 0 Å². The van der Waals surface area contributed by atoms with Gasteiger partial charge in [-0.3, -0.25) is 0 Å². The quantitative estimate of drug-likeness (QED) is 0.184.